The second-order valence-corrected chi connectivity index (χ2v) is 3.20. The summed E-state index contributed by atoms with van der Waals surface area (Å²) in [6, 6.07) is 14.1. The smallest absolute Gasteiger partial charge is 0.0703 e. The number of hydrogen-bond acceptors (Lipinski definition) is 2. The first-order valence-electron chi connectivity index (χ1n) is 4.88. The summed E-state index contributed by atoms with van der Waals surface area (Å²) in [6.45, 7) is 0.748. The predicted octanol–water partition coefficient (Wildman–Crippen LogP) is 2.14. The summed E-state index contributed by atoms with van der Waals surface area (Å²) in [7, 11) is 0. The van der Waals surface area contributed by atoms with Crippen LogP contribution in [0.1, 0.15) is 11.3 Å². The maximum Gasteiger partial charge on any atom is 0.0703 e. The largest absolute Gasteiger partial charge is 0.360 e. The molecule has 3 nitrogen and oxygen atoms in total. The second-order valence-electron chi connectivity index (χ2n) is 3.20. The average Bonchev–Trinajstić information content (AvgIpc) is 2.79. The van der Waals surface area contributed by atoms with Crippen LogP contribution in [0.2, 0.25) is 0 Å². The minimum Gasteiger partial charge on any atom is -0.360 e. The molecule has 0 aliphatic heterocycles. The van der Waals surface area contributed by atoms with Gasteiger partial charge in [0.15, 0.2) is 0 Å². The predicted molar refractivity (Wildman–Crippen MR) is 61.7 cm³/mol. The molecule has 2 N–H and O–H groups in total. The molecule has 76 valence electrons. The van der Waals surface area contributed by atoms with Crippen molar-refractivity contribution in [2.75, 3.05) is 0 Å². The monoisotopic (exact) mass is 199 g/mol. The number of nitrogens with one attached hydrogen (secondary N) is 2. The lowest BCUT2D eigenvalue weighted by Crippen LogP contribution is -2.05. The average molecular weight is 199 g/mol. The highest BCUT2D eigenvalue weighted by Gasteiger charge is 1.87. The van der Waals surface area contributed by atoms with Crippen LogP contribution in [-0.4, -0.2) is 11.2 Å². The normalized spacial score (nSPS) is 10.7. The lowest BCUT2D eigenvalue weighted by atomic mass is 10.2. The molecule has 1 heterocycles. The van der Waals surface area contributed by atoms with Gasteiger partial charge < -0.3 is 10.4 Å². The molecule has 0 spiro atoms. The van der Waals surface area contributed by atoms with Crippen LogP contribution in [0.15, 0.2) is 53.8 Å². The summed E-state index contributed by atoms with van der Waals surface area (Å²) in [5, 5.41) is 4.10. The maximum absolute atomic E-state index is 4.10. The van der Waals surface area contributed by atoms with Gasteiger partial charge in [-0.3, -0.25) is 0 Å². The van der Waals surface area contributed by atoms with Crippen molar-refractivity contribution in [3.63, 3.8) is 0 Å². The summed E-state index contributed by atoms with van der Waals surface area (Å²) in [6.07, 6.45) is 3.64. The van der Waals surface area contributed by atoms with Crippen LogP contribution in [0.5, 0.6) is 0 Å². The zero-order valence-corrected chi connectivity index (χ0v) is 8.35. The van der Waals surface area contributed by atoms with E-state index in [2.05, 4.69) is 27.6 Å². The van der Waals surface area contributed by atoms with Gasteiger partial charge in [-0.2, -0.15) is 5.10 Å². The number of hydrogen-bond donors (Lipinski definition) is 2. The third-order valence-electron chi connectivity index (χ3n) is 2.04. The molecular formula is C12H13N3. The van der Waals surface area contributed by atoms with Crippen molar-refractivity contribution in [1.29, 1.82) is 0 Å². The summed E-state index contributed by atoms with van der Waals surface area (Å²) < 4.78 is 0. The molecule has 1 aromatic carbocycles. The zero-order chi connectivity index (χ0) is 10.3. The van der Waals surface area contributed by atoms with Gasteiger partial charge in [-0.05, 0) is 17.7 Å². The van der Waals surface area contributed by atoms with Crippen LogP contribution in [0.3, 0.4) is 0 Å². The fourth-order valence-electron chi connectivity index (χ4n) is 1.27. The molecule has 0 aliphatic carbocycles. The Labute approximate surface area is 88.8 Å². The van der Waals surface area contributed by atoms with Gasteiger partial charge in [0, 0.05) is 6.20 Å². The molecule has 0 saturated heterocycles. The lowest BCUT2D eigenvalue weighted by Gasteiger charge is -1.99. The highest BCUT2D eigenvalue weighted by atomic mass is 15.3. The topological polar surface area (TPSA) is 40.2 Å². The standard InChI is InChI=1S/C12H13N3/c1-2-5-11(6-3-1)9-14-15-10-12-7-4-8-13-12/h1-8,10,13-14H,9H2. The Morgan fingerprint density at radius 2 is 2.00 bits per heavy atom. The molecule has 0 atom stereocenters. The van der Waals surface area contributed by atoms with Crippen LogP contribution in [0.25, 0.3) is 0 Å². The molecule has 2 rings (SSSR count). The highest BCUT2D eigenvalue weighted by molar-refractivity contribution is 5.76. The van der Waals surface area contributed by atoms with Crippen LogP contribution in [0, 0.1) is 0 Å². The van der Waals surface area contributed by atoms with E-state index in [9.17, 15) is 0 Å². The summed E-state index contributed by atoms with van der Waals surface area (Å²) >= 11 is 0. The van der Waals surface area contributed by atoms with E-state index in [0.717, 1.165) is 12.2 Å². The quantitative estimate of drug-likeness (QED) is 0.574. The molecule has 0 radical (unpaired) electrons. The maximum atomic E-state index is 4.10. The third kappa shape index (κ3) is 2.98. The molecule has 0 bridgehead atoms. The van der Waals surface area contributed by atoms with Crippen molar-refractivity contribution in [2.24, 2.45) is 5.10 Å². The number of rotatable bonds is 4. The van der Waals surface area contributed by atoms with Crippen molar-refractivity contribution >= 4 is 6.21 Å². The first-order chi connectivity index (χ1) is 7.45. The van der Waals surface area contributed by atoms with Crippen molar-refractivity contribution < 1.29 is 0 Å². The van der Waals surface area contributed by atoms with Gasteiger partial charge in [-0.1, -0.05) is 30.3 Å². The fourth-order valence-corrected chi connectivity index (χ4v) is 1.27. The van der Waals surface area contributed by atoms with Gasteiger partial charge in [0.1, 0.15) is 0 Å². The van der Waals surface area contributed by atoms with Crippen LogP contribution < -0.4 is 5.43 Å². The SMILES string of the molecule is C(=NNCc1ccccc1)c1ccc[nH]1. The molecular weight excluding hydrogens is 186 g/mol. The van der Waals surface area contributed by atoms with Gasteiger partial charge >= 0.3 is 0 Å². The van der Waals surface area contributed by atoms with Crippen molar-refractivity contribution in [3.05, 3.63) is 59.9 Å². The van der Waals surface area contributed by atoms with E-state index >= 15 is 0 Å². The van der Waals surface area contributed by atoms with E-state index in [1.54, 1.807) is 6.21 Å². The number of benzene rings is 1. The number of nitrogens with zero attached hydrogens (tertiary/aromatic N) is 1. The molecule has 2 aromatic rings. The van der Waals surface area contributed by atoms with E-state index in [4.69, 9.17) is 0 Å². The molecule has 0 aliphatic rings. The number of aromatic amines is 1. The minimum atomic E-state index is 0.748. The van der Waals surface area contributed by atoms with Gasteiger partial charge in [0.25, 0.3) is 0 Å². The van der Waals surface area contributed by atoms with Crippen LogP contribution >= 0.6 is 0 Å². The Morgan fingerprint density at radius 3 is 2.73 bits per heavy atom. The van der Waals surface area contributed by atoms with E-state index in [1.807, 2.05) is 36.5 Å². The highest BCUT2D eigenvalue weighted by Crippen LogP contribution is 1.96. The summed E-state index contributed by atoms with van der Waals surface area (Å²) in [5.74, 6) is 0. The Hall–Kier alpha value is -2.03. The van der Waals surface area contributed by atoms with E-state index in [0.29, 0.717) is 0 Å². The second kappa shape index (κ2) is 5.00. The zero-order valence-electron chi connectivity index (χ0n) is 8.35. The first kappa shape index (κ1) is 9.52. The van der Waals surface area contributed by atoms with Crippen molar-refractivity contribution in [2.45, 2.75) is 6.54 Å². The molecule has 0 amide bonds. The van der Waals surface area contributed by atoms with Gasteiger partial charge in [-0.15, -0.1) is 0 Å². The van der Waals surface area contributed by atoms with Crippen LogP contribution in [-0.2, 0) is 6.54 Å². The van der Waals surface area contributed by atoms with Gasteiger partial charge in [0.2, 0.25) is 0 Å². The Kier molecular flexibility index (Phi) is 3.18. The Bertz CT molecular complexity index is 404. The van der Waals surface area contributed by atoms with E-state index in [1.165, 1.54) is 5.56 Å². The van der Waals surface area contributed by atoms with E-state index < -0.39 is 0 Å². The lowest BCUT2D eigenvalue weighted by molar-refractivity contribution is 0.748. The van der Waals surface area contributed by atoms with Crippen LogP contribution in [0.4, 0.5) is 0 Å². The molecule has 1 aromatic heterocycles. The molecule has 0 saturated carbocycles. The third-order valence-corrected chi connectivity index (χ3v) is 2.04. The van der Waals surface area contributed by atoms with Gasteiger partial charge in [-0.25, -0.2) is 0 Å². The van der Waals surface area contributed by atoms with Gasteiger partial charge in [0.05, 0.1) is 18.5 Å². The van der Waals surface area contributed by atoms with Crippen molar-refractivity contribution in [3.8, 4) is 0 Å². The Balaban J connectivity index is 1.80. The molecule has 0 fully saturated rings. The van der Waals surface area contributed by atoms with Crippen molar-refractivity contribution in [1.82, 2.24) is 10.4 Å². The number of aromatic nitrogens is 1. The fraction of sp³-hybridized carbons (Fsp3) is 0.0833. The molecule has 15 heavy (non-hydrogen) atoms. The Morgan fingerprint density at radius 1 is 1.13 bits per heavy atom. The minimum absolute atomic E-state index is 0.748. The first-order valence-corrected chi connectivity index (χ1v) is 4.88. The number of H-pyrrole nitrogens is 1. The summed E-state index contributed by atoms with van der Waals surface area (Å²) in [4.78, 5) is 3.05. The number of hydrazone groups is 1. The summed E-state index contributed by atoms with van der Waals surface area (Å²) in [5.41, 5.74) is 5.21. The molecule has 0 unspecified atom stereocenters. The molecule has 3 heteroatoms. The van der Waals surface area contributed by atoms with E-state index in [-0.39, 0.29) is 0 Å².